The topological polar surface area (TPSA) is 67.5 Å². The maximum Gasteiger partial charge on any atom is 0.491 e. The molecule has 1 aromatic heterocycles. The number of methoxy groups -OCH3 is 1. The van der Waals surface area contributed by atoms with E-state index in [0.29, 0.717) is 24.4 Å². The van der Waals surface area contributed by atoms with E-state index in [2.05, 4.69) is 5.10 Å². The molecule has 0 fully saturated rings. The van der Waals surface area contributed by atoms with Gasteiger partial charge in [-0.2, -0.15) is 5.10 Å². The average Bonchev–Trinajstić information content (AvgIpc) is 3.06. The molecule has 3 rings (SSSR count). The first-order valence-corrected chi connectivity index (χ1v) is 7.99. The molecule has 8 heteroatoms. The third kappa shape index (κ3) is 3.53. The second-order valence-corrected chi connectivity index (χ2v) is 5.72. The minimum absolute atomic E-state index is 0.00517. The second-order valence-electron chi connectivity index (χ2n) is 5.72. The highest BCUT2D eigenvalue weighted by atomic mass is 19.2. The van der Waals surface area contributed by atoms with Gasteiger partial charge >= 0.3 is 7.12 Å². The highest BCUT2D eigenvalue weighted by Gasteiger charge is 2.24. The zero-order valence-corrected chi connectivity index (χ0v) is 14.1. The van der Waals surface area contributed by atoms with Gasteiger partial charge in [0.25, 0.3) is 0 Å². The molecule has 26 heavy (non-hydrogen) atoms. The van der Waals surface area contributed by atoms with Crippen molar-refractivity contribution in [3.8, 4) is 22.4 Å². The van der Waals surface area contributed by atoms with Crippen molar-refractivity contribution in [3.05, 3.63) is 60.3 Å². The van der Waals surface area contributed by atoms with Crippen LogP contribution in [0.25, 0.3) is 22.4 Å². The Balaban J connectivity index is 2.15. The zero-order chi connectivity index (χ0) is 18.7. The van der Waals surface area contributed by atoms with E-state index in [4.69, 9.17) is 14.8 Å². The quantitative estimate of drug-likeness (QED) is 0.660. The van der Waals surface area contributed by atoms with Gasteiger partial charge < -0.3 is 14.8 Å². The third-order valence-electron chi connectivity index (χ3n) is 4.01. The Hall–Kier alpha value is -2.55. The SMILES string of the molecule is COCCn1cc(-c2ccc(B(O)O)c(F)c2F)c(-c2ccccc2)n1. The predicted octanol–water partition coefficient (Wildman–Crippen LogP) is 1.82. The number of rotatable bonds is 6. The minimum Gasteiger partial charge on any atom is -0.423 e. The first kappa shape index (κ1) is 18.3. The monoisotopic (exact) mass is 358 g/mol. The van der Waals surface area contributed by atoms with Crippen molar-refractivity contribution in [2.75, 3.05) is 13.7 Å². The lowest BCUT2D eigenvalue weighted by Crippen LogP contribution is -2.33. The van der Waals surface area contributed by atoms with Crippen LogP contribution in [0.3, 0.4) is 0 Å². The summed E-state index contributed by atoms with van der Waals surface area (Å²) in [5.41, 5.74) is 1.14. The molecule has 0 saturated carbocycles. The van der Waals surface area contributed by atoms with Crippen molar-refractivity contribution in [2.45, 2.75) is 6.54 Å². The molecule has 2 aromatic carbocycles. The largest absolute Gasteiger partial charge is 0.491 e. The fraction of sp³-hybridized carbons (Fsp3) is 0.167. The van der Waals surface area contributed by atoms with Gasteiger partial charge in [-0.1, -0.05) is 42.5 Å². The second kappa shape index (κ2) is 7.78. The average molecular weight is 358 g/mol. The molecule has 0 bridgehead atoms. The molecule has 0 aliphatic rings. The number of aromatic nitrogens is 2. The van der Waals surface area contributed by atoms with Crippen LogP contribution in [-0.2, 0) is 11.3 Å². The van der Waals surface area contributed by atoms with Crippen LogP contribution in [0.5, 0.6) is 0 Å². The molecule has 0 spiro atoms. The molecule has 0 unspecified atom stereocenters. The minimum atomic E-state index is -2.09. The Morgan fingerprint density at radius 1 is 1.04 bits per heavy atom. The highest BCUT2D eigenvalue weighted by molar-refractivity contribution is 6.58. The Morgan fingerprint density at radius 3 is 2.42 bits per heavy atom. The Bertz CT molecular complexity index is 901. The van der Waals surface area contributed by atoms with Gasteiger partial charge in [0.05, 0.1) is 13.2 Å². The van der Waals surface area contributed by atoms with E-state index < -0.39 is 24.2 Å². The third-order valence-corrected chi connectivity index (χ3v) is 4.01. The molecule has 0 aliphatic carbocycles. The smallest absolute Gasteiger partial charge is 0.423 e. The van der Waals surface area contributed by atoms with Gasteiger partial charge in [0.15, 0.2) is 11.6 Å². The van der Waals surface area contributed by atoms with Crippen LogP contribution in [0.4, 0.5) is 8.78 Å². The van der Waals surface area contributed by atoms with E-state index in [1.165, 1.54) is 6.07 Å². The van der Waals surface area contributed by atoms with Crippen LogP contribution < -0.4 is 5.46 Å². The molecule has 0 radical (unpaired) electrons. The van der Waals surface area contributed by atoms with Crippen LogP contribution >= 0.6 is 0 Å². The molecule has 5 nitrogen and oxygen atoms in total. The highest BCUT2D eigenvalue weighted by Crippen LogP contribution is 2.33. The van der Waals surface area contributed by atoms with Gasteiger partial charge in [-0.3, -0.25) is 4.68 Å². The van der Waals surface area contributed by atoms with Gasteiger partial charge in [-0.05, 0) is 0 Å². The lowest BCUT2D eigenvalue weighted by molar-refractivity contribution is 0.183. The molecule has 134 valence electrons. The molecule has 0 saturated heterocycles. The summed E-state index contributed by atoms with van der Waals surface area (Å²) in [7, 11) is -0.521. The number of ether oxygens (including phenoxy) is 1. The zero-order valence-electron chi connectivity index (χ0n) is 14.1. The first-order chi connectivity index (χ1) is 12.5. The van der Waals surface area contributed by atoms with E-state index in [-0.39, 0.29) is 5.56 Å². The number of halogens is 2. The number of hydrogen-bond acceptors (Lipinski definition) is 4. The summed E-state index contributed by atoms with van der Waals surface area (Å²) in [4.78, 5) is 0. The molecule has 0 atom stereocenters. The summed E-state index contributed by atoms with van der Waals surface area (Å²) < 4.78 is 35.5. The lowest BCUT2D eigenvalue weighted by Gasteiger charge is -2.08. The Kier molecular flexibility index (Phi) is 5.46. The summed E-state index contributed by atoms with van der Waals surface area (Å²) in [6, 6.07) is 11.6. The van der Waals surface area contributed by atoms with E-state index >= 15 is 0 Å². The first-order valence-electron chi connectivity index (χ1n) is 7.99. The van der Waals surface area contributed by atoms with Gasteiger partial charge in [0, 0.05) is 35.5 Å². The van der Waals surface area contributed by atoms with E-state index in [9.17, 15) is 8.78 Å². The number of hydrogen-bond donors (Lipinski definition) is 2. The van der Waals surface area contributed by atoms with Crippen molar-refractivity contribution in [1.82, 2.24) is 9.78 Å². The van der Waals surface area contributed by atoms with Gasteiger partial charge in [-0.25, -0.2) is 8.78 Å². The molecule has 3 aromatic rings. The molecule has 0 amide bonds. The number of nitrogens with zero attached hydrogens (tertiary/aromatic N) is 2. The number of benzene rings is 2. The normalized spacial score (nSPS) is 11.0. The lowest BCUT2D eigenvalue weighted by atomic mass is 9.79. The molecular weight excluding hydrogens is 341 g/mol. The summed E-state index contributed by atoms with van der Waals surface area (Å²) in [6.07, 6.45) is 1.62. The van der Waals surface area contributed by atoms with Crippen molar-refractivity contribution in [2.24, 2.45) is 0 Å². The Labute approximate surface area is 149 Å². The molecule has 1 heterocycles. The van der Waals surface area contributed by atoms with Crippen molar-refractivity contribution in [1.29, 1.82) is 0 Å². The predicted molar refractivity (Wildman–Crippen MR) is 94.7 cm³/mol. The fourth-order valence-corrected chi connectivity index (χ4v) is 2.70. The van der Waals surface area contributed by atoms with Gasteiger partial charge in [0.2, 0.25) is 0 Å². The molecular formula is C18H17BF2N2O3. The van der Waals surface area contributed by atoms with Crippen molar-refractivity contribution < 1.29 is 23.6 Å². The van der Waals surface area contributed by atoms with Gasteiger partial charge in [0.1, 0.15) is 5.69 Å². The van der Waals surface area contributed by atoms with Crippen molar-refractivity contribution >= 4 is 12.6 Å². The summed E-state index contributed by atoms with van der Waals surface area (Å²) in [5, 5.41) is 22.8. The van der Waals surface area contributed by atoms with E-state index in [1.807, 2.05) is 30.3 Å². The standard InChI is InChI=1S/C18H17BF2N2O3/c1-26-10-9-23-11-14(18(22-23)12-5-3-2-4-6-12)13-7-8-15(19(24)25)17(21)16(13)20/h2-8,11,24-25H,9-10H2,1H3. The molecule has 2 N–H and O–H groups in total. The Morgan fingerprint density at radius 2 is 1.77 bits per heavy atom. The summed E-state index contributed by atoms with van der Waals surface area (Å²) >= 11 is 0. The van der Waals surface area contributed by atoms with Crippen LogP contribution in [0, 0.1) is 11.6 Å². The van der Waals surface area contributed by atoms with E-state index in [0.717, 1.165) is 11.6 Å². The maximum atomic E-state index is 14.6. The summed E-state index contributed by atoms with van der Waals surface area (Å²) in [5.74, 6) is -2.44. The van der Waals surface area contributed by atoms with E-state index in [1.54, 1.807) is 18.0 Å². The maximum absolute atomic E-state index is 14.6. The van der Waals surface area contributed by atoms with Crippen LogP contribution in [0.2, 0.25) is 0 Å². The van der Waals surface area contributed by atoms with Gasteiger partial charge in [-0.15, -0.1) is 0 Å². The summed E-state index contributed by atoms with van der Waals surface area (Å²) in [6.45, 7) is 0.871. The van der Waals surface area contributed by atoms with Crippen LogP contribution in [-0.4, -0.2) is 40.7 Å². The molecule has 0 aliphatic heterocycles. The van der Waals surface area contributed by atoms with Crippen LogP contribution in [0.15, 0.2) is 48.7 Å². The van der Waals surface area contributed by atoms with Crippen LogP contribution in [0.1, 0.15) is 0 Å². The fourth-order valence-electron chi connectivity index (χ4n) is 2.70. The van der Waals surface area contributed by atoms with Crippen molar-refractivity contribution in [3.63, 3.8) is 0 Å².